The number of aromatic nitrogens is 1. The van der Waals surface area contributed by atoms with E-state index in [0.29, 0.717) is 11.8 Å². The number of amides is 1. The molecule has 2 fully saturated rings. The van der Waals surface area contributed by atoms with Gasteiger partial charge in [0, 0.05) is 19.1 Å². The molecule has 0 spiro atoms. The number of carboxylic acid groups (broad SMARTS) is 1. The zero-order valence-corrected chi connectivity index (χ0v) is 11.1. The Hall–Kier alpha value is -1.30. The highest BCUT2D eigenvalue weighted by Crippen LogP contribution is 2.39. The fraction of sp³-hybridized carbons (Fsp3) is 0.667. The number of piperidine rings is 1. The van der Waals surface area contributed by atoms with Gasteiger partial charge in [-0.25, -0.2) is 4.79 Å². The Morgan fingerprint density at radius 2 is 2.17 bits per heavy atom. The molecule has 1 amide bonds. The minimum atomic E-state index is -0.890. The molecule has 2 N–H and O–H groups in total. The number of carbonyl (C=O) groups is 1. The number of rotatable bonds is 2. The van der Waals surface area contributed by atoms with E-state index in [1.807, 2.05) is 6.92 Å². The molecule has 1 aliphatic heterocycles. The Bertz CT molecular complexity index is 448. The topological polar surface area (TPSA) is 65.5 Å². The standard InChI is InChI=1S/C12H17N3O2S/c1-7-4-10(18-14-7)15-5-8-2-3-9(6-15)11(8)13-12(16)17/h4,8-9,11,13H,2-3,5-6H2,1H3,(H,16,17). The van der Waals surface area contributed by atoms with Crippen LogP contribution in [0.3, 0.4) is 0 Å². The fourth-order valence-electron chi connectivity index (χ4n) is 3.28. The van der Waals surface area contributed by atoms with E-state index in [1.165, 1.54) is 5.00 Å². The quantitative estimate of drug-likeness (QED) is 0.859. The molecule has 1 aromatic rings. The van der Waals surface area contributed by atoms with Crippen molar-refractivity contribution in [3.05, 3.63) is 11.8 Å². The summed E-state index contributed by atoms with van der Waals surface area (Å²) in [4.78, 5) is 13.2. The van der Waals surface area contributed by atoms with Gasteiger partial charge in [-0.05, 0) is 49.2 Å². The molecule has 2 heterocycles. The lowest BCUT2D eigenvalue weighted by atomic mass is 9.92. The lowest BCUT2D eigenvalue weighted by Crippen LogP contribution is -2.52. The average molecular weight is 267 g/mol. The third kappa shape index (κ3) is 2.05. The maximum atomic E-state index is 10.8. The molecule has 0 radical (unpaired) electrons. The molecule has 1 saturated carbocycles. The van der Waals surface area contributed by atoms with Crippen LogP contribution in [0.25, 0.3) is 0 Å². The largest absolute Gasteiger partial charge is 0.465 e. The molecule has 2 bridgehead atoms. The molecule has 6 heteroatoms. The summed E-state index contributed by atoms with van der Waals surface area (Å²) in [6.07, 6.45) is 1.37. The first-order valence-electron chi connectivity index (χ1n) is 6.31. The molecule has 2 unspecified atom stereocenters. The summed E-state index contributed by atoms with van der Waals surface area (Å²) >= 11 is 1.54. The Morgan fingerprint density at radius 1 is 1.50 bits per heavy atom. The summed E-state index contributed by atoms with van der Waals surface area (Å²) in [5, 5.41) is 12.8. The number of nitrogens with one attached hydrogen (secondary N) is 1. The fourth-order valence-corrected chi connectivity index (χ4v) is 4.06. The Morgan fingerprint density at radius 3 is 2.67 bits per heavy atom. The first-order valence-corrected chi connectivity index (χ1v) is 7.08. The van der Waals surface area contributed by atoms with Crippen molar-refractivity contribution in [2.75, 3.05) is 18.0 Å². The molecule has 0 aromatic carbocycles. The first-order chi connectivity index (χ1) is 8.63. The second-order valence-electron chi connectivity index (χ2n) is 5.28. The van der Waals surface area contributed by atoms with Crippen LogP contribution >= 0.6 is 11.5 Å². The molecule has 5 nitrogen and oxygen atoms in total. The molecular formula is C12H17N3O2S. The van der Waals surface area contributed by atoms with Gasteiger partial charge in [0.15, 0.2) is 0 Å². The van der Waals surface area contributed by atoms with Crippen LogP contribution in [0.2, 0.25) is 0 Å². The van der Waals surface area contributed by atoms with Crippen LogP contribution in [0.1, 0.15) is 18.5 Å². The van der Waals surface area contributed by atoms with E-state index in [2.05, 4.69) is 20.7 Å². The highest BCUT2D eigenvalue weighted by molar-refractivity contribution is 7.10. The van der Waals surface area contributed by atoms with Crippen LogP contribution in [-0.2, 0) is 0 Å². The molecule has 2 atom stereocenters. The summed E-state index contributed by atoms with van der Waals surface area (Å²) < 4.78 is 4.32. The van der Waals surface area contributed by atoms with Crippen LogP contribution in [-0.4, -0.2) is 34.7 Å². The molecule has 18 heavy (non-hydrogen) atoms. The van der Waals surface area contributed by atoms with Crippen molar-refractivity contribution in [2.24, 2.45) is 11.8 Å². The zero-order chi connectivity index (χ0) is 12.7. The highest BCUT2D eigenvalue weighted by Gasteiger charge is 2.43. The number of fused-ring (bicyclic) bond motifs is 2. The van der Waals surface area contributed by atoms with E-state index < -0.39 is 6.09 Å². The monoisotopic (exact) mass is 267 g/mol. The summed E-state index contributed by atoms with van der Waals surface area (Å²) in [6.45, 7) is 3.90. The van der Waals surface area contributed by atoms with E-state index in [0.717, 1.165) is 31.6 Å². The summed E-state index contributed by atoms with van der Waals surface area (Å²) in [5.74, 6) is 0.893. The van der Waals surface area contributed by atoms with E-state index in [4.69, 9.17) is 5.11 Å². The Kier molecular flexibility index (Phi) is 2.89. The molecule has 2 aliphatic rings. The van der Waals surface area contributed by atoms with Crippen molar-refractivity contribution in [3.8, 4) is 0 Å². The van der Waals surface area contributed by atoms with E-state index in [9.17, 15) is 4.79 Å². The van der Waals surface area contributed by atoms with Crippen molar-refractivity contribution in [1.29, 1.82) is 0 Å². The Labute approximate surface area is 110 Å². The van der Waals surface area contributed by atoms with Crippen molar-refractivity contribution in [1.82, 2.24) is 9.69 Å². The van der Waals surface area contributed by atoms with Crippen LogP contribution in [0.15, 0.2) is 6.07 Å². The highest BCUT2D eigenvalue weighted by atomic mass is 32.1. The number of aryl methyl sites for hydroxylation is 1. The van der Waals surface area contributed by atoms with E-state index in [1.54, 1.807) is 11.5 Å². The number of anilines is 1. The predicted octanol–water partition coefficient (Wildman–Crippen LogP) is 1.93. The maximum absolute atomic E-state index is 10.8. The first kappa shape index (κ1) is 11.8. The van der Waals surface area contributed by atoms with Crippen LogP contribution in [0.4, 0.5) is 9.80 Å². The number of hydrogen-bond acceptors (Lipinski definition) is 4. The van der Waals surface area contributed by atoms with Crippen LogP contribution in [0.5, 0.6) is 0 Å². The van der Waals surface area contributed by atoms with Crippen molar-refractivity contribution >= 4 is 22.6 Å². The molecule has 3 rings (SSSR count). The maximum Gasteiger partial charge on any atom is 0.404 e. The van der Waals surface area contributed by atoms with Gasteiger partial charge in [-0.3, -0.25) is 0 Å². The van der Waals surface area contributed by atoms with Crippen molar-refractivity contribution in [2.45, 2.75) is 25.8 Å². The second-order valence-corrected chi connectivity index (χ2v) is 6.07. The minimum absolute atomic E-state index is 0.146. The zero-order valence-electron chi connectivity index (χ0n) is 10.3. The molecule has 1 aromatic heterocycles. The predicted molar refractivity (Wildman–Crippen MR) is 70.2 cm³/mol. The van der Waals surface area contributed by atoms with E-state index >= 15 is 0 Å². The number of nitrogens with zero attached hydrogens (tertiary/aromatic N) is 2. The third-order valence-corrected chi connectivity index (χ3v) is 4.99. The Balaban J connectivity index is 1.73. The average Bonchev–Trinajstić information content (AvgIpc) is 2.81. The normalized spacial score (nSPS) is 30.5. The van der Waals surface area contributed by atoms with Gasteiger partial charge in [0.2, 0.25) is 0 Å². The third-order valence-electron chi connectivity index (χ3n) is 4.05. The van der Waals surface area contributed by atoms with Crippen LogP contribution < -0.4 is 10.2 Å². The molecule has 98 valence electrons. The minimum Gasteiger partial charge on any atom is -0.465 e. The lowest BCUT2D eigenvalue weighted by Gasteiger charge is -2.38. The lowest BCUT2D eigenvalue weighted by molar-refractivity contribution is 0.178. The van der Waals surface area contributed by atoms with Gasteiger partial charge >= 0.3 is 6.09 Å². The van der Waals surface area contributed by atoms with Gasteiger partial charge in [0.1, 0.15) is 5.00 Å². The van der Waals surface area contributed by atoms with Gasteiger partial charge in [-0.2, -0.15) is 4.37 Å². The molecular weight excluding hydrogens is 250 g/mol. The summed E-state index contributed by atoms with van der Waals surface area (Å²) in [6, 6.07) is 2.27. The number of hydrogen-bond donors (Lipinski definition) is 2. The SMILES string of the molecule is Cc1cc(N2CC3CCC(C2)C3NC(=O)O)sn1. The molecule has 1 saturated heterocycles. The second kappa shape index (κ2) is 4.42. The summed E-state index contributed by atoms with van der Waals surface area (Å²) in [7, 11) is 0. The van der Waals surface area contributed by atoms with Crippen molar-refractivity contribution < 1.29 is 9.90 Å². The summed E-state index contributed by atoms with van der Waals surface area (Å²) in [5.41, 5.74) is 1.06. The smallest absolute Gasteiger partial charge is 0.404 e. The van der Waals surface area contributed by atoms with Gasteiger partial charge in [0.05, 0.1) is 5.69 Å². The van der Waals surface area contributed by atoms with Crippen molar-refractivity contribution in [3.63, 3.8) is 0 Å². The van der Waals surface area contributed by atoms with Gasteiger partial charge in [0.25, 0.3) is 0 Å². The van der Waals surface area contributed by atoms with Crippen LogP contribution in [0, 0.1) is 18.8 Å². The van der Waals surface area contributed by atoms with Gasteiger partial charge < -0.3 is 15.3 Å². The van der Waals surface area contributed by atoms with Gasteiger partial charge in [-0.15, -0.1) is 0 Å². The molecule has 1 aliphatic carbocycles. The van der Waals surface area contributed by atoms with E-state index in [-0.39, 0.29) is 6.04 Å². The van der Waals surface area contributed by atoms with Gasteiger partial charge in [-0.1, -0.05) is 0 Å².